The van der Waals surface area contributed by atoms with E-state index in [1.807, 2.05) is 0 Å². The summed E-state index contributed by atoms with van der Waals surface area (Å²) in [5, 5.41) is 3.20. The van der Waals surface area contributed by atoms with Gasteiger partial charge < -0.3 is 5.32 Å². The predicted octanol–water partition coefficient (Wildman–Crippen LogP) is 3.51. The Morgan fingerprint density at radius 3 is 2.32 bits per heavy atom. The van der Waals surface area contributed by atoms with E-state index in [0.29, 0.717) is 6.04 Å². The van der Waals surface area contributed by atoms with E-state index in [-0.39, 0.29) is 11.8 Å². The Balaban J connectivity index is 1.77. The average Bonchev–Trinajstić information content (AvgIpc) is 2.55. The molecule has 1 aliphatic heterocycles. The van der Waals surface area contributed by atoms with Gasteiger partial charge in [-0.15, -0.1) is 0 Å². The molecular weight excluding hydrogens is 272 g/mol. The number of carbonyl (C=O) groups is 1. The van der Waals surface area contributed by atoms with Crippen LogP contribution in [0.4, 0.5) is 0 Å². The molecular formula is C19H30N2O. The van der Waals surface area contributed by atoms with Crippen molar-refractivity contribution in [2.75, 3.05) is 13.1 Å². The van der Waals surface area contributed by atoms with Crippen LogP contribution >= 0.6 is 0 Å². The van der Waals surface area contributed by atoms with Crippen LogP contribution in [0.3, 0.4) is 0 Å². The maximum atomic E-state index is 12.3. The van der Waals surface area contributed by atoms with E-state index >= 15 is 0 Å². The van der Waals surface area contributed by atoms with Gasteiger partial charge in [-0.05, 0) is 51.3 Å². The highest BCUT2D eigenvalue weighted by atomic mass is 16.1. The quantitative estimate of drug-likeness (QED) is 0.872. The van der Waals surface area contributed by atoms with Gasteiger partial charge in [-0.25, -0.2) is 0 Å². The number of nitrogens with one attached hydrogen (secondary N) is 1. The summed E-state index contributed by atoms with van der Waals surface area (Å²) in [6, 6.07) is 9.11. The molecule has 0 saturated carbocycles. The molecule has 2 rings (SSSR count). The van der Waals surface area contributed by atoms with E-state index in [1.54, 1.807) is 0 Å². The van der Waals surface area contributed by atoms with Gasteiger partial charge >= 0.3 is 0 Å². The molecule has 0 radical (unpaired) electrons. The summed E-state index contributed by atoms with van der Waals surface area (Å²) in [5.41, 5.74) is 2.67. The third kappa shape index (κ3) is 4.84. The zero-order valence-electron chi connectivity index (χ0n) is 14.3. The van der Waals surface area contributed by atoms with Crippen molar-refractivity contribution in [3.05, 3.63) is 35.4 Å². The van der Waals surface area contributed by atoms with Crippen molar-refractivity contribution in [3.8, 4) is 0 Å². The second-order valence-electron chi connectivity index (χ2n) is 6.56. The maximum Gasteiger partial charge on any atom is 0.223 e. The second-order valence-corrected chi connectivity index (χ2v) is 6.56. The largest absolute Gasteiger partial charge is 0.353 e. The molecule has 0 bridgehead atoms. The van der Waals surface area contributed by atoms with Crippen molar-refractivity contribution < 1.29 is 4.79 Å². The summed E-state index contributed by atoms with van der Waals surface area (Å²) in [6.07, 6.45) is 4.01. The van der Waals surface area contributed by atoms with E-state index in [1.165, 1.54) is 11.1 Å². The Bertz CT molecular complexity index is 457. The standard InChI is InChI=1S/C19H30N2O/c1-4-18(5-2)20-19(22)17-10-12-21(13-11-17)14-16-8-6-15(3)7-9-16/h6-9,17-18H,4-5,10-14H2,1-3H3,(H,20,22). The Labute approximate surface area is 135 Å². The molecule has 1 N–H and O–H groups in total. The first-order chi connectivity index (χ1) is 10.6. The van der Waals surface area contributed by atoms with Gasteiger partial charge in [-0.2, -0.15) is 0 Å². The van der Waals surface area contributed by atoms with Crippen LogP contribution in [-0.4, -0.2) is 29.9 Å². The van der Waals surface area contributed by atoms with Crippen molar-refractivity contribution in [1.82, 2.24) is 10.2 Å². The number of amides is 1. The molecule has 0 atom stereocenters. The number of aryl methyl sites for hydroxylation is 1. The molecule has 1 fully saturated rings. The maximum absolute atomic E-state index is 12.3. The molecule has 122 valence electrons. The Kier molecular flexibility index (Phi) is 6.44. The predicted molar refractivity (Wildman–Crippen MR) is 91.7 cm³/mol. The Morgan fingerprint density at radius 1 is 1.18 bits per heavy atom. The molecule has 0 spiro atoms. The number of carbonyl (C=O) groups excluding carboxylic acids is 1. The van der Waals surface area contributed by atoms with Crippen LogP contribution in [0.5, 0.6) is 0 Å². The number of benzene rings is 1. The van der Waals surface area contributed by atoms with Gasteiger partial charge in [-0.3, -0.25) is 9.69 Å². The summed E-state index contributed by atoms with van der Waals surface area (Å²) in [7, 11) is 0. The van der Waals surface area contributed by atoms with Gasteiger partial charge in [0.25, 0.3) is 0 Å². The molecule has 0 aliphatic carbocycles. The number of nitrogens with zero attached hydrogens (tertiary/aromatic N) is 1. The normalized spacial score (nSPS) is 16.9. The molecule has 3 heteroatoms. The fraction of sp³-hybridized carbons (Fsp3) is 0.632. The number of hydrogen-bond acceptors (Lipinski definition) is 2. The Hall–Kier alpha value is -1.35. The molecule has 22 heavy (non-hydrogen) atoms. The van der Waals surface area contributed by atoms with Gasteiger partial charge in [-0.1, -0.05) is 43.7 Å². The number of rotatable bonds is 6. The minimum absolute atomic E-state index is 0.204. The first kappa shape index (κ1) is 17.0. The van der Waals surface area contributed by atoms with E-state index in [9.17, 15) is 4.79 Å². The van der Waals surface area contributed by atoms with Crippen LogP contribution in [0.15, 0.2) is 24.3 Å². The van der Waals surface area contributed by atoms with Crippen molar-refractivity contribution in [2.45, 2.75) is 59.0 Å². The highest BCUT2D eigenvalue weighted by Gasteiger charge is 2.25. The molecule has 0 aromatic heterocycles. The van der Waals surface area contributed by atoms with Crippen molar-refractivity contribution in [2.24, 2.45) is 5.92 Å². The molecule has 1 saturated heterocycles. The summed E-state index contributed by atoms with van der Waals surface area (Å²) in [5.74, 6) is 0.471. The lowest BCUT2D eigenvalue weighted by Crippen LogP contribution is -2.43. The first-order valence-corrected chi connectivity index (χ1v) is 8.70. The summed E-state index contributed by atoms with van der Waals surface area (Å²) >= 11 is 0. The molecule has 1 heterocycles. The number of likely N-dealkylation sites (tertiary alicyclic amines) is 1. The topological polar surface area (TPSA) is 32.3 Å². The highest BCUT2D eigenvalue weighted by molar-refractivity contribution is 5.79. The number of hydrogen-bond donors (Lipinski definition) is 1. The fourth-order valence-electron chi connectivity index (χ4n) is 3.12. The SMILES string of the molecule is CCC(CC)NC(=O)C1CCN(Cc2ccc(C)cc2)CC1. The van der Waals surface area contributed by atoms with Gasteiger partial charge in [0.05, 0.1) is 0 Å². The van der Waals surface area contributed by atoms with Gasteiger partial charge in [0.15, 0.2) is 0 Å². The molecule has 1 aromatic rings. The minimum atomic E-state index is 0.204. The third-order valence-electron chi connectivity index (χ3n) is 4.82. The van der Waals surface area contributed by atoms with Crippen LogP contribution < -0.4 is 5.32 Å². The molecule has 3 nitrogen and oxygen atoms in total. The summed E-state index contributed by atoms with van der Waals surface area (Å²) in [4.78, 5) is 14.8. The Morgan fingerprint density at radius 2 is 1.77 bits per heavy atom. The van der Waals surface area contributed by atoms with Gasteiger partial charge in [0, 0.05) is 18.5 Å². The number of piperidine rings is 1. The molecule has 1 aliphatic rings. The van der Waals surface area contributed by atoms with Crippen LogP contribution in [0.2, 0.25) is 0 Å². The lowest BCUT2D eigenvalue weighted by molar-refractivity contribution is -0.127. The zero-order chi connectivity index (χ0) is 15.9. The molecule has 1 amide bonds. The highest BCUT2D eigenvalue weighted by Crippen LogP contribution is 2.20. The monoisotopic (exact) mass is 302 g/mol. The minimum Gasteiger partial charge on any atom is -0.353 e. The van der Waals surface area contributed by atoms with Crippen LogP contribution in [0.1, 0.15) is 50.7 Å². The molecule has 1 aromatic carbocycles. The lowest BCUT2D eigenvalue weighted by Gasteiger charge is -2.32. The van der Waals surface area contributed by atoms with Crippen LogP contribution in [0, 0.1) is 12.8 Å². The first-order valence-electron chi connectivity index (χ1n) is 8.70. The second kappa shape index (κ2) is 8.33. The molecule has 0 unspecified atom stereocenters. The van der Waals surface area contributed by atoms with Crippen molar-refractivity contribution in [3.63, 3.8) is 0 Å². The van der Waals surface area contributed by atoms with Crippen LogP contribution in [-0.2, 0) is 11.3 Å². The smallest absolute Gasteiger partial charge is 0.223 e. The lowest BCUT2D eigenvalue weighted by atomic mass is 9.95. The third-order valence-corrected chi connectivity index (χ3v) is 4.82. The van der Waals surface area contributed by atoms with Crippen molar-refractivity contribution >= 4 is 5.91 Å². The van der Waals surface area contributed by atoms with E-state index in [0.717, 1.165) is 45.3 Å². The van der Waals surface area contributed by atoms with Gasteiger partial charge in [0.1, 0.15) is 0 Å². The van der Waals surface area contributed by atoms with Gasteiger partial charge in [0.2, 0.25) is 5.91 Å². The van der Waals surface area contributed by atoms with Crippen LogP contribution in [0.25, 0.3) is 0 Å². The average molecular weight is 302 g/mol. The fourth-order valence-corrected chi connectivity index (χ4v) is 3.12. The summed E-state index contributed by atoms with van der Waals surface area (Å²) < 4.78 is 0. The summed E-state index contributed by atoms with van der Waals surface area (Å²) in [6.45, 7) is 9.44. The zero-order valence-corrected chi connectivity index (χ0v) is 14.3. The van der Waals surface area contributed by atoms with E-state index in [4.69, 9.17) is 0 Å². The van der Waals surface area contributed by atoms with E-state index < -0.39 is 0 Å². The van der Waals surface area contributed by atoms with Crippen molar-refractivity contribution in [1.29, 1.82) is 0 Å². The van der Waals surface area contributed by atoms with E-state index in [2.05, 4.69) is 55.3 Å².